The zero-order valence-electron chi connectivity index (χ0n) is 15.8. The SMILES string of the molecule is Cc1sc(C(N)=O)c([C@@H](CN)Cc2ccccc2C(F)(F)F)c1-c1ncnn1C. The van der Waals surface area contributed by atoms with E-state index in [2.05, 4.69) is 10.1 Å². The number of nitrogens with zero attached hydrogens (tertiary/aromatic N) is 3. The minimum Gasteiger partial charge on any atom is -0.365 e. The van der Waals surface area contributed by atoms with Crippen LogP contribution in [0.4, 0.5) is 13.2 Å². The summed E-state index contributed by atoms with van der Waals surface area (Å²) in [6.07, 6.45) is -3.11. The summed E-state index contributed by atoms with van der Waals surface area (Å²) in [6, 6.07) is 5.37. The maximum Gasteiger partial charge on any atom is 0.416 e. The number of amides is 1. The zero-order valence-corrected chi connectivity index (χ0v) is 16.6. The number of hydrogen-bond donors (Lipinski definition) is 2. The first kappa shape index (κ1) is 21.0. The lowest BCUT2D eigenvalue weighted by Gasteiger charge is -2.20. The first-order valence-electron chi connectivity index (χ1n) is 8.77. The van der Waals surface area contributed by atoms with E-state index in [1.54, 1.807) is 17.8 Å². The van der Waals surface area contributed by atoms with Gasteiger partial charge in [0.2, 0.25) is 0 Å². The number of thiophene rings is 1. The predicted octanol–water partition coefficient (Wildman–Crippen LogP) is 3.25. The highest BCUT2D eigenvalue weighted by Crippen LogP contribution is 2.41. The van der Waals surface area contributed by atoms with Crippen molar-refractivity contribution in [3.63, 3.8) is 0 Å². The van der Waals surface area contributed by atoms with Gasteiger partial charge in [-0.3, -0.25) is 4.79 Å². The third-order valence-corrected chi connectivity index (χ3v) is 5.90. The number of aromatic nitrogens is 3. The molecule has 3 rings (SSSR count). The van der Waals surface area contributed by atoms with Crippen molar-refractivity contribution in [2.45, 2.75) is 25.4 Å². The first-order valence-corrected chi connectivity index (χ1v) is 9.59. The zero-order chi connectivity index (χ0) is 21.3. The van der Waals surface area contributed by atoms with Gasteiger partial charge in [-0.25, -0.2) is 9.67 Å². The quantitative estimate of drug-likeness (QED) is 0.636. The monoisotopic (exact) mass is 423 g/mol. The molecule has 1 amide bonds. The van der Waals surface area contributed by atoms with Gasteiger partial charge in [0, 0.05) is 23.4 Å². The Balaban J connectivity index is 2.16. The highest BCUT2D eigenvalue weighted by atomic mass is 32.1. The minimum atomic E-state index is -4.49. The maximum atomic E-state index is 13.4. The summed E-state index contributed by atoms with van der Waals surface area (Å²) in [5.41, 5.74) is 12.1. The van der Waals surface area contributed by atoms with Crippen LogP contribution in [0.5, 0.6) is 0 Å². The van der Waals surface area contributed by atoms with E-state index in [9.17, 15) is 18.0 Å². The summed E-state index contributed by atoms with van der Waals surface area (Å²) in [6.45, 7) is 1.84. The molecule has 0 aliphatic carbocycles. The van der Waals surface area contributed by atoms with E-state index in [4.69, 9.17) is 11.5 Å². The highest BCUT2D eigenvalue weighted by Gasteiger charge is 2.35. The molecule has 2 heterocycles. The lowest BCUT2D eigenvalue weighted by atomic mass is 9.87. The van der Waals surface area contributed by atoms with Crippen molar-refractivity contribution >= 4 is 17.2 Å². The van der Waals surface area contributed by atoms with Crippen LogP contribution in [-0.2, 0) is 19.6 Å². The van der Waals surface area contributed by atoms with Crippen LogP contribution in [0.15, 0.2) is 30.6 Å². The smallest absolute Gasteiger partial charge is 0.365 e. The van der Waals surface area contributed by atoms with Gasteiger partial charge >= 0.3 is 6.18 Å². The van der Waals surface area contributed by atoms with Crippen molar-refractivity contribution in [1.82, 2.24) is 14.8 Å². The Hall–Kier alpha value is -2.72. The Morgan fingerprint density at radius 1 is 1.31 bits per heavy atom. The molecule has 6 nitrogen and oxygen atoms in total. The topological polar surface area (TPSA) is 99.8 Å². The largest absolute Gasteiger partial charge is 0.416 e. The number of halogens is 3. The number of carbonyl (C=O) groups is 1. The van der Waals surface area contributed by atoms with E-state index in [1.807, 2.05) is 6.92 Å². The lowest BCUT2D eigenvalue weighted by Crippen LogP contribution is -2.21. The van der Waals surface area contributed by atoms with Gasteiger partial charge in [-0.15, -0.1) is 11.3 Å². The summed E-state index contributed by atoms with van der Waals surface area (Å²) >= 11 is 1.19. The van der Waals surface area contributed by atoms with E-state index >= 15 is 0 Å². The van der Waals surface area contributed by atoms with Gasteiger partial charge < -0.3 is 11.5 Å². The van der Waals surface area contributed by atoms with Crippen molar-refractivity contribution < 1.29 is 18.0 Å². The Morgan fingerprint density at radius 2 is 2.00 bits per heavy atom. The summed E-state index contributed by atoms with van der Waals surface area (Å²) in [7, 11) is 1.70. The lowest BCUT2D eigenvalue weighted by molar-refractivity contribution is -0.138. The van der Waals surface area contributed by atoms with Crippen LogP contribution in [0, 0.1) is 6.92 Å². The summed E-state index contributed by atoms with van der Waals surface area (Å²) in [5.74, 6) is -0.703. The number of alkyl halides is 3. The summed E-state index contributed by atoms with van der Waals surface area (Å²) in [4.78, 5) is 17.4. The van der Waals surface area contributed by atoms with E-state index in [-0.39, 0.29) is 23.4 Å². The number of hydrogen-bond acceptors (Lipinski definition) is 5. The van der Waals surface area contributed by atoms with Crippen LogP contribution in [-0.4, -0.2) is 27.2 Å². The number of benzene rings is 1. The van der Waals surface area contributed by atoms with Gasteiger partial charge in [0.05, 0.1) is 10.4 Å². The Morgan fingerprint density at radius 3 is 2.55 bits per heavy atom. The molecule has 154 valence electrons. The fraction of sp³-hybridized carbons (Fsp3) is 0.316. The highest BCUT2D eigenvalue weighted by molar-refractivity contribution is 7.14. The third-order valence-electron chi connectivity index (χ3n) is 4.76. The van der Waals surface area contributed by atoms with E-state index < -0.39 is 23.6 Å². The molecule has 0 aliphatic rings. The molecule has 0 bridgehead atoms. The van der Waals surface area contributed by atoms with Crippen molar-refractivity contribution in [2.24, 2.45) is 18.5 Å². The van der Waals surface area contributed by atoms with Crippen molar-refractivity contribution in [3.8, 4) is 11.4 Å². The van der Waals surface area contributed by atoms with Gasteiger partial charge in [0.1, 0.15) is 6.33 Å². The van der Waals surface area contributed by atoms with Gasteiger partial charge in [-0.2, -0.15) is 18.3 Å². The molecular weight excluding hydrogens is 403 g/mol. The second-order valence-electron chi connectivity index (χ2n) is 6.64. The van der Waals surface area contributed by atoms with Gasteiger partial charge in [0.25, 0.3) is 5.91 Å². The average molecular weight is 423 g/mol. The minimum absolute atomic E-state index is 0.00743. The Bertz CT molecular complexity index is 1040. The number of primary amides is 1. The fourth-order valence-corrected chi connectivity index (χ4v) is 4.57. The third kappa shape index (κ3) is 4.03. The molecule has 3 aromatic rings. The Labute approximate surface area is 169 Å². The number of carbonyl (C=O) groups excluding carboxylic acids is 1. The van der Waals surface area contributed by atoms with Crippen LogP contribution >= 0.6 is 11.3 Å². The molecule has 0 aliphatic heterocycles. The second kappa shape index (κ2) is 7.96. The average Bonchev–Trinajstić information content (AvgIpc) is 3.21. The normalized spacial score (nSPS) is 12.9. The number of nitrogens with two attached hydrogens (primary N) is 2. The van der Waals surface area contributed by atoms with E-state index in [0.29, 0.717) is 17.0 Å². The standard InChI is InChI=1S/C19H20F3N5OS/c1-10-14(18-25-9-26-27(18)2)15(16(29-10)17(24)28)12(8-23)7-11-5-3-4-6-13(11)19(20,21)22/h3-6,9,12H,7-8,23H2,1-2H3,(H2,24,28)/t12-/m1/s1. The maximum absolute atomic E-state index is 13.4. The second-order valence-corrected chi connectivity index (χ2v) is 7.86. The Kier molecular flexibility index (Phi) is 5.76. The van der Waals surface area contributed by atoms with Crippen LogP contribution in [0.1, 0.15) is 37.2 Å². The fourth-order valence-electron chi connectivity index (χ4n) is 3.48. The molecule has 0 saturated heterocycles. The number of rotatable bonds is 6. The molecule has 1 aromatic carbocycles. The molecule has 0 fully saturated rings. The molecule has 4 N–H and O–H groups in total. The van der Waals surface area contributed by atoms with Crippen LogP contribution < -0.4 is 11.5 Å². The van der Waals surface area contributed by atoms with Crippen molar-refractivity contribution in [2.75, 3.05) is 6.54 Å². The summed E-state index contributed by atoms with van der Waals surface area (Å²) < 4.78 is 41.9. The van der Waals surface area contributed by atoms with Crippen molar-refractivity contribution in [3.05, 3.63) is 57.0 Å². The summed E-state index contributed by atoms with van der Waals surface area (Å²) in [5, 5.41) is 4.06. The van der Waals surface area contributed by atoms with Gasteiger partial charge in [0.15, 0.2) is 5.82 Å². The molecule has 0 spiro atoms. The molecule has 0 unspecified atom stereocenters. The molecule has 0 radical (unpaired) electrons. The number of aryl methyl sites for hydroxylation is 2. The van der Waals surface area contributed by atoms with Gasteiger partial charge in [-0.1, -0.05) is 18.2 Å². The van der Waals surface area contributed by atoms with E-state index in [0.717, 1.165) is 10.9 Å². The molecule has 29 heavy (non-hydrogen) atoms. The molecular formula is C19H20F3N5OS. The molecule has 1 atom stereocenters. The molecule has 0 saturated carbocycles. The first-order chi connectivity index (χ1) is 13.6. The van der Waals surface area contributed by atoms with Crippen molar-refractivity contribution in [1.29, 1.82) is 0 Å². The predicted molar refractivity (Wildman–Crippen MR) is 105 cm³/mol. The van der Waals surface area contributed by atoms with E-state index in [1.165, 1.54) is 29.8 Å². The van der Waals surface area contributed by atoms with Crippen LogP contribution in [0.2, 0.25) is 0 Å². The van der Waals surface area contributed by atoms with Crippen LogP contribution in [0.25, 0.3) is 11.4 Å². The molecule has 2 aromatic heterocycles. The van der Waals surface area contributed by atoms with Crippen LogP contribution in [0.3, 0.4) is 0 Å². The molecule has 10 heteroatoms. The van der Waals surface area contributed by atoms with Gasteiger partial charge in [-0.05, 0) is 37.1 Å².